The Morgan fingerprint density at radius 1 is 1.18 bits per heavy atom. The van der Waals surface area contributed by atoms with Gasteiger partial charge < -0.3 is 14.8 Å². The third-order valence-electron chi connectivity index (χ3n) is 3.16. The van der Waals surface area contributed by atoms with E-state index >= 15 is 0 Å². The number of alkyl halides is 1. The Labute approximate surface area is 128 Å². The van der Waals surface area contributed by atoms with Crippen LogP contribution in [-0.4, -0.2) is 19.9 Å². The minimum Gasteiger partial charge on any atom is -0.497 e. The first-order valence-corrected chi connectivity index (χ1v) is 6.90. The van der Waals surface area contributed by atoms with Crippen molar-refractivity contribution in [1.29, 1.82) is 0 Å². The van der Waals surface area contributed by atoms with Gasteiger partial charge in [-0.05, 0) is 23.3 Å². The molecule has 0 aliphatic heterocycles. The number of ether oxygens (including phenoxy) is 2. The zero-order valence-corrected chi connectivity index (χ0v) is 12.3. The van der Waals surface area contributed by atoms with Gasteiger partial charge in [0.1, 0.15) is 19.0 Å². The number of hydrogen-bond donors (Lipinski definition) is 1. The largest absolute Gasteiger partial charge is 0.497 e. The molecule has 0 aromatic heterocycles. The lowest BCUT2D eigenvalue weighted by Crippen LogP contribution is -2.30. The Bertz CT molecular complexity index is 604. The highest BCUT2D eigenvalue weighted by atomic mass is 19.1. The zero-order chi connectivity index (χ0) is 15.8. The topological polar surface area (TPSA) is 47.6 Å². The Morgan fingerprint density at radius 2 is 1.95 bits per heavy atom. The molecule has 116 valence electrons. The van der Waals surface area contributed by atoms with E-state index in [0.717, 1.165) is 5.56 Å². The Kier molecular flexibility index (Phi) is 5.77. The highest BCUT2D eigenvalue weighted by Crippen LogP contribution is 2.19. The summed E-state index contributed by atoms with van der Waals surface area (Å²) in [6.45, 7) is -0.586. The van der Waals surface area contributed by atoms with Crippen LogP contribution in [0.2, 0.25) is 0 Å². The van der Waals surface area contributed by atoms with Crippen LogP contribution in [0.25, 0.3) is 0 Å². The van der Waals surface area contributed by atoms with E-state index in [2.05, 4.69) is 5.32 Å². The number of amides is 1. The van der Waals surface area contributed by atoms with E-state index in [0.29, 0.717) is 11.3 Å². The summed E-state index contributed by atoms with van der Waals surface area (Å²) >= 11 is 0. The molecule has 1 amide bonds. The lowest BCUT2D eigenvalue weighted by molar-refractivity contribution is 0.133. The first kappa shape index (κ1) is 15.8. The van der Waals surface area contributed by atoms with Gasteiger partial charge in [0.2, 0.25) is 0 Å². The van der Waals surface area contributed by atoms with Crippen molar-refractivity contribution < 1.29 is 18.7 Å². The minimum atomic E-state index is -0.765. The molecule has 0 bridgehead atoms. The minimum absolute atomic E-state index is 0.143. The van der Waals surface area contributed by atoms with Crippen molar-refractivity contribution in [3.8, 4) is 5.75 Å². The van der Waals surface area contributed by atoms with Crippen LogP contribution in [0.4, 0.5) is 9.18 Å². The van der Waals surface area contributed by atoms with Crippen molar-refractivity contribution in [3.63, 3.8) is 0 Å². The van der Waals surface area contributed by atoms with Crippen molar-refractivity contribution in [2.45, 2.75) is 12.6 Å². The lowest BCUT2D eigenvalue weighted by atomic mass is 10.1. The van der Waals surface area contributed by atoms with E-state index in [-0.39, 0.29) is 6.61 Å². The van der Waals surface area contributed by atoms with Crippen molar-refractivity contribution in [2.24, 2.45) is 0 Å². The highest BCUT2D eigenvalue weighted by molar-refractivity contribution is 5.68. The van der Waals surface area contributed by atoms with Crippen LogP contribution >= 0.6 is 0 Å². The fraction of sp³-hybridized carbons (Fsp3) is 0.235. The van der Waals surface area contributed by atoms with Crippen LogP contribution < -0.4 is 10.1 Å². The SMILES string of the molecule is COc1cccc(C(CF)NC(=O)OCc2ccccc2)c1. The summed E-state index contributed by atoms with van der Waals surface area (Å²) in [5.41, 5.74) is 1.49. The quantitative estimate of drug-likeness (QED) is 0.886. The second kappa shape index (κ2) is 8.02. The van der Waals surface area contributed by atoms with Gasteiger partial charge in [0.25, 0.3) is 0 Å². The van der Waals surface area contributed by atoms with Crippen molar-refractivity contribution in [3.05, 3.63) is 65.7 Å². The molecule has 0 spiro atoms. The van der Waals surface area contributed by atoms with Gasteiger partial charge in [-0.2, -0.15) is 0 Å². The second-order valence-electron chi connectivity index (χ2n) is 4.69. The molecule has 0 fully saturated rings. The van der Waals surface area contributed by atoms with Gasteiger partial charge >= 0.3 is 6.09 Å². The number of methoxy groups -OCH3 is 1. The Morgan fingerprint density at radius 3 is 2.64 bits per heavy atom. The number of halogens is 1. The molecule has 0 aliphatic rings. The number of carbonyl (C=O) groups is 1. The number of rotatable bonds is 6. The molecule has 2 aromatic rings. The maximum Gasteiger partial charge on any atom is 0.408 e. The lowest BCUT2D eigenvalue weighted by Gasteiger charge is -2.16. The smallest absolute Gasteiger partial charge is 0.408 e. The molecule has 0 radical (unpaired) electrons. The number of benzene rings is 2. The number of nitrogens with one attached hydrogen (secondary N) is 1. The summed E-state index contributed by atoms with van der Waals surface area (Å²) in [6.07, 6.45) is -0.658. The Balaban J connectivity index is 1.93. The second-order valence-corrected chi connectivity index (χ2v) is 4.69. The maximum absolute atomic E-state index is 13.2. The molecule has 1 atom stereocenters. The monoisotopic (exact) mass is 303 g/mol. The van der Waals surface area contributed by atoms with Crippen LogP contribution in [-0.2, 0) is 11.3 Å². The van der Waals surface area contributed by atoms with Gasteiger partial charge in [0, 0.05) is 0 Å². The molecule has 4 nitrogen and oxygen atoms in total. The molecule has 2 rings (SSSR count). The molecule has 0 saturated heterocycles. The van der Waals surface area contributed by atoms with E-state index in [1.807, 2.05) is 30.3 Å². The first-order chi connectivity index (χ1) is 10.7. The van der Waals surface area contributed by atoms with Crippen molar-refractivity contribution >= 4 is 6.09 Å². The summed E-state index contributed by atoms with van der Waals surface area (Å²) < 4.78 is 23.4. The third-order valence-corrected chi connectivity index (χ3v) is 3.16. The average molecular weight is 303 g/mol. The van der Waals surface area contributed by atoms with Crippen molar-refractivity contribution in [1.82, 2.24) is 5.32 Å². The van der Waals surface area contributed by atoms with Crippen LogP contribution in [0.15, 0.2) is 54.6 Å². The molecule has 5 heteroatoms. The van der Waals surface area contributed by atoms with E-state index in [1.54, 1.807) is 24.3 Å². The van der Waals surface area contributed by atoms with Gasteiger partial charge in [-0.3, -0.25) is 0 Å². The maximum atomic E-state index is 13.2. The fourth-order valence-electron chi connectivity index (χ4n) is 1.98. The van der Waals surface area contributed by atoms with Gasteiger partial charge in [-0.1, -0.05) is 42.5 Å². The van der Waals surface area contributed by atoms with Gasteiger partial charge in [-0.15, -0.1) is 0 Å². The van der Waals surface area contributed by atoms with Crippen LogP contribution in [0, 0.1) is 0 Å². The summed E-state index contributed by atoms with van der Waals surface area (Å²) in [5.74, 6) is 0.607. The average Bonchev–Trinajstić information content (AvgIpc) is 2.58. The van der Waals surface area contributed by atoms with E-state index in [1.165, 1.54) is 7.11 Å². The Hall–Kier alpha value is -2.56. The molecule has 22 heavy (non-hydrogen) atoms. The summed E-state index contributed by atoms with van der Waals surface area (Å²) in [6, 6.07) is 15.4. The van der Waals surface area contributed by atoms with Gasteiger partial charge in [0.15, 0.2) is 0 Å². The molecular formula is C17H18FNO3. The molecule has 0 aliphatic carbocycles. The van der Waals surface area contributed by atoms with Crippen molar-refractivity contribution in [2.75, 3.05) is 13.8 Å². The number of hydrogen-bond acceptors (Lipinski definition) is 3. The van der Waals surface area contributed by atoms with Gasteiger partial charge in [-0.25, -0.2) is 9.18 Å². The van der Waals surface area contributed by atoms with Crippen LogP contribution in [0.1, 0.15) is 17.2 Å². The van der Waals surface area contributed by atoms with Crippen LogP contribution in [0.5, 0.6) is 5.75 Å². The summed E-state index contributed by atoms with van der Waals surface area (Å²) in [7, 11) is 1.53. The third kappa shape index (κ3) is 4.48. The van der Waals surface area contributed by atoms with E-state index < -0.39 is 18.8 Å². The van der Waals surface area contributed by atoms with E-state index in [4.69, 9.17) is 9.47 Å². The first-order valence-electron chi connectivity index (χ1n) is 6.90. The molecular weight excluding hydrogens is 285 g/mol. The standard InChI is InChI=1S/C17H18FNO3/c1-21-15-9-5-8-14(10-15)16(11-18)19-17(20)22-12-13-6-3-2-4-7-13/h2-10,16H,11-12H2,1H3,(H,19,20). The normalized spacial score (nSPS) is 11.5. The predicted molar refractivity (Wildman–Crippen MR) is 81.5 cm³/mol. The van der Waals surface area contributed by atoms with E-state index in [9.17, 15) is 9.18 Å². The predicted octanol–water partition coefficient (Wildman–Crippen LogP) is 3.63. The summed E-state index contributed by atoms with van der Waals surface area (Å²) in [4.78, 5) is 11.8. The zero-order valence-electron chi connectivity index (χ0n) is 12.3. The number of alkyl carbamates (subject to hydrolysis) is 1. The highest BCUT2D eigenvalue weighted by Gasteiger charge is 2.16. The van der Waals surface area contributed by atoms with Crippen LogP contribution in [0.3, 0.4) is 0 Å². The molecule has 2 aromatic carbocycles. The number of carbonyl (C=O) groups excluding carboxylic acids is 1. The van der Waals surface area contributed by atoms with Gasteiger partial charge in [0.05, 0.1) is 13.2 Å². The molecule has 1 N–H and O–H groups in total. The molecule has 0 heterocycles. The molecule has 1 unspecified atom stereocenters. The summed E-state index contributed by atoms with van der Waals surface area (Å²) in [5, 5.41) is 2.51. The fourth-order valence-corrected chi connectivity index (χ4v) is 1.98. The molecule has 0 saturated carbocycles.